The second kappa shape index (κ2) is 6.83. The summed E-state index contributed by atoms with van der Waals surface area (Å²) in [5.74, 6) is 0.0983. The maximum Gasteiger partial charge on any atom is 0.341 e. The van der Waals surface area contributed by atoms with Crippen LogP contribution < -0.4 is 5.32 Å². The lowest BCUT2D eigenvalue weighted by Crippen LogP contribution is -2.23. The van der Waals surface area contributed by atoms with E-state index in [1.807, 2.05) is 17.7 Å². The molecule has 0 amide bonds. The monoisotopic (exact) mass is 289 g/mol. The van der Waals surface area contributed by atoms with Crippen LogP contribution in [0, 0.1) is 6.92 Å². The summed E-state index contributed by atoms with van der Waals surface area (Å²) in [6.07, 6.45) is 6.89. The molecule has 0 saturated carbocycles. The molecule has 2 aromatic heterocycles. The van der Waals surface area contributed by atoms with E-state index in [-0.39, 0.29) is 6.04 Å². The van der Waals surface area contributed by atoms with Gasteiger partial charge in [-0.05, 0) is 20.8 Å². The highest BCUT2D eigenvalue weighted by Crippen LogP contribution is 2.10. The molecule has 2 heterocycles. The summed E-state index contributed by atoms with van der Waals surface area (Å²) in [6.45, 7) is 6.64. The largest absolute Gasteiger partial charge is 0.462 e. The van der Waals surface area contributed by atoms with Crippen LogP contribution in [0.3, 0.4) is 0 Å². The first-order valence-electron chi connectivity index (χ1n) is 6.83. The Morgan fingerprint density at radius 1 is 1.52 bits per heavy atom. The number of carbonyl (C=O) groups excluding carboxylic acids is 1. The van der Waals surface area contributed by atoms with Gasteiger partial charge in [-0.25, -0.2) is 19.7 Å². The van der Waals surface area contributed by atoms with Crippen LogP contribution in [0.2, 0.25) is 0 Å². The van der Waals surface area contributed by atoms with Gasteiger partial charge in [-0.2, -0.15) is 0 Å². The van der Waals surface area contributed by atoms with Crippen LogP contribution in [0.15, 0.2) is 24.9 Å². The summed E-state index contributed by atoms with van der Waals surface area (Å²) in [4.78, 5) is 24.1. The second-order valence-electron chi connectivity index (χ2n) is 4.72. The minimum atomic E-state index is -0.395. The Kier molecular flexibility index (Phi) is 4.86. The Morgan fingerprint density at radius 2 is 2.33 bits per heavy atom. The van der Waals surface area contributed by atoms with Gasteiger partial charge in [0.1, 0.15) is 0 Å². The molecular formula is C14H19N5O2. The average Bonchev–Trinajstić information content (AvgIpc) is 2.91. The van der Waals surface area contributed by atoms with Gasteiger partial charge < -0.3 is 14.6 Å². The van der Waals surface area contributed by atoms with E-state index in [2.05, 4.69) is 20.3 Å². The van der Waals surface area contributed by atoms with Crippen molar-refractivity contribution in [2.75, 3.05) is 11.9 Å². The fraction of sp³-hybridized carbons (Fsp3) is 0.429. The first kappa shape index (κ1) is 15.0. The number of hydrogen-bond acceptors (Lipinski definition) is 6. The van der Waals surface area contributed by atoms with E-state index in [0.717, 1.165) is 6.54 Å². The van der Waals surface area contributed by atoms with Gasteiger partial charge in [0.05, 0.1) is 24.2 Å². The van der Waals surface area contributed by atoms with Crippen LogP contribution in [0.4, 0.5) is 5.95 Å². The fourth-order valence-electron chi connectivity index (χ4n) is 1.92. The topological polar surface area (TPSA) is 81.9 Å². The van der Waals surface area contributed by atoms with Crippen LogP contribution in [0.25, 0.3) is 0 Å². The summed E-state index contributed by atoms with van der Waals surface area (Å²) in [5, 5.41) is 3.20. The van der Waals surface area contributed by atoms with E-state index in [9.17, 15) is 4.79 Å². The maximum absolute atomic E-state index is 11.7. The Morgan fingerprint density at radius 3 is 2.95 bits per heavy atom. The number of hydrogen-bond donors (Lipinski definition) is 1. The van der Waals surface area contributed by atoms with E-state index in [4.69, 9.17) is 4.74 Å². The van der Waals surface area contributed by atoms with Crippen molar-refractivity contribution in [3.05, 3.63) is 36.2 Å². The number of aromatic nitrogens is 4. The lowest BCUT2D eigenvalue weighted by Gasteiger charge is -2.15. The molecule has 112 valence electrons. The van der Waals surface area contributed by atoms with Crippen LogP contribution in [-0.2, 0) is 11.3 Å². The van der Waals surface area contributed by atoms with Crippen molar-refractivity contribution in [2.24, 2.45) is 0 Å². The highest BCUT2D eigenvalue weighted by molar-refractivity contribution is 5.90. The van der Waals surface area contributed by atoms with E-state index < -0.39 is 5.97 Å². The number of nitrogens with zero attached hydrogens (tertiary/aromatic N) is 4. The Labute approximate surface area is 123 Å². The third-order valence-electron chi connectivity index (χ3n) is 2.89. The van der Waals surface area contributed by atoms with Crippen molar-refractivity contribution in [1.29, 1.82) is 0 Å². The molecule has 7 heteroatoms. The van der Waals surface area contributed by atoms with Gasteiger partial charge in [0.15, 0.2) is 0 Å². The van der Waals surface area contributed by atoms with Gasteiger partial charge in [-0.15, -0.1) is 0 Å². The minimum Gasteiger partial charge on any atom is -0.462 e. The summed E-state index contributed by atoms with van der Waals surface area (Å²) < 4.78 is 6.92. The molecule has 0 bridgehead atoms. The van der Waals surface area contributed by atoms with Crippen LogP contribution in [-0.4, -0.2) is 38.1 Å². The van der Waals surface area contributed by atoms with Crippen molar-refractivity contribution in [3.8, 4) is 0 Å². The number of esters is 1. The molecule has 1 atom stereocenters. The van der Waals surface area contributed by atoms with Gasteiger partial charge in [-0.1, -0.05) is 0 Å². The first-order chi connectivity index (χ1) is 10.1. The van der Waals surface area contributed by atoms with Gasteiger partial charge in [0.2, 0.25) is 5.95 Å². The lowest BCUT2D eigenvalue weighted by molar-refractivity contribution is 0.0524. The molecule has 21 heavy (non-hydrogen) atoms. The molecule has 0 aliphatic carbocycles. The van der Waals surface area contributed by atoms with E-state index in [1.165, 1.54) is 6.20 Å². The predicted octanol–water partition coefficient (Wildman–Crippen LogP) is 1.66. The molecule has 1 unspecified atom stereocenters. The van der Waals surface area contributed by atoms with Crippen molar-refractivity contribution >= 4 is 11.9 Å². The quantitative estimate of drug-likeness (QED) is 0.814. The number of anilines is 1. The van der Waals surface area contributed by atoms with Crippen molar-refractivity contribution in [3.63, 3.8) is 0 Å². The molecule has 7 nitrogen and oxygen atoms in total. The molecule has 0 aliphatic heterocycles. The SMILES string of the molecule is CCOC(=O)c1cnc(NC(C)Cn2ccnc2)nc1C. The zero-order chi connectivity index (χ0) is 15.2. The standard InChI is InChI=1S/C14H19N5O2/c1-4-21-13(20)12-7-16-14(18-11(12)3)17-10(2)8-19-6-5-15-9-19/h5-7,9-10H,4,8H2,1-3H3,(H,16,17,18). The van der Waals surface area contributed by atoms with Crippen LogP contribution in [0.5, 0.6) is 0 Å². The minimum absolute atomic E-state index is 0.132. The molecule has 0 saturated heterocycles. The molecular weight excluding hydrogens is 270 g/mol. The molecule has 2 aromatic rings. The van der Waals surface area contributed by atoms with Gasteiger partial charge in [0, 0.05) is 31.2 Å². The smallest absolute Gasteiger partial charge is 0.341 e. The van der Waals surface area contributed by atoms with Crippen molar-refractivity contribution in [2.45, 2.75) is 33.4 Å². The van der Waals surface area contributed by atoms with Crippen LogP contribution in [0.1, 0.15) is 29.9 Å². The number of nitrogens with one attached hydrogen (secondary N) is 1. The average molecular weight is 289 g/mol. The molecule has 0 aliphatic rings. The first-order valence-corrected chi connectivity index (χ1v) is 6.83. The van der Waals surface area contributed by atoms with Gasteiger partial charge in [-0.3, -0.25) is 0 Å². The third-order valence-corrected chi connectivity index (χ3v) is 2.89. The lowest BCUT2D eigenvalue weighted by atomic mass is 10.2. The number of ether oxygens (including phenoxy) is 1. The number of imidazole rings is 1. The zero-order valence-corrected chi connectivity index (χ0v) is 12.4. The molecule has 0 spiro atoms. The summed E-state index contributed by atoms with van der Waals surface area (Å²) >= 11 is 0. The molecule has 1 N–H and O–H groups in total. The molecule has 0 aromatic carbocycles. The summed E-state index contributed by atoms with van der Waals surface area (Å²) in [6, 6.07) is 0.132. The predicted molar refractivity (Wildman–Crippen MR) is 78.0 cm³/mol. The maximum atomic E-state index is 11.7. The van der Waals surface area contributed by atoms with Crippen molar-refractivity contribution < 1.29 is 9.53 Å². The van der Waals surface area contributed by atoms with Crippen molar-refractivity contribution in [1.82, 2.24) is 19.5 Å². The highest BCUT2D eigenvalue weighted by atomic mass is 16.5. The van der Waals surface area contributed by atoms with Crippen LogP contribution >= 0.6 is 0 Å². The number of aryl methyl sites for hydroxylation is 1. The molecule has 2 rings (SSSR count). The number of rotatable bonds is 6. The van der Waals surface area contributed by atoms with E-state index in [0.29, 0.717) is 23.8 Å². The Hall–Kier alpha value is -2.44. The Balaban J connectivity index is 2.01. The number of carbonyl (C=O) groups is 1. The molecule has 0 radical (unpaired) electrons. The third kappa shape index (κ3) is 4.01. The zero-order valence-electron chi connectivity index (χ0n) is 12.4. The highest BCUT2D eigenvalue weighted by Gasteiger charge is 2.13. The van der Waals surface area contributed by atoms with E-state index in [1.54, 1.807) is 26.4 Å². The summed E-state index contributed by atoms with van der Waals surface area (Å²) in [7, 11) is 0. The van der Waals surface area contributed by atoms with Gasteiger partial charge >= 0.3 is 5.97 Å². The Bertz CT molecular complexity index is 597. The van der Waals surface area contributed by atoms with Gasteiger partial charge in [0.25, 0.3) is 0 Å². The summed E-state index contributed by atoms with van der Waals surface area (Å²) in [5.41, 5.74) is 0.991. The fourth-order valence-corrected chi connectivity index (χ4v) is 1.92. The van der Waals surface area contributed by atoms with E-state index >= 15 is 0 Å². The molecule has 0 fully saturated rings. The second-order valence-corrected chi connectivity index (χ2v) is 4.72. The normalized spacial score (nSPS) is 12.0.